The van der Waals surface area contributed by atoms with Crippen molar-refractivity contribution in [3.8, 4) is 29.3 Å². The van der Waals surface area contributed by atoms with Crippen LogP contribution in [0.2, 0.25) is 0 Å². The number of hydrogen-bond donors (Lipinski definition) is 2. The van der Waals surface area contributed by atoms with E-state index in [-0.39, 0.29) is 12.2 Å². The van der Waals surface area contributed by atoms with Crippen molar-refractivity contribution in [1.82, 2.24) is 19.9 Å². The zero-order valence-corrected chi connectivity index (χ0v) is 15.8. The Balaban J connectivity index is 1.89. The highest BCUT2D eigenvalue weighted by Crippen LogP contribution is 2.23. The van der Waals surface area contributed by atoms with Gasteiger partial charge in [0, 0.05) is 29.6 Å². The summed E-state index contributed by atoms with van der Waals surface area (Å²) in [7, 11) is 0. The Hall–Kier alpha value is -4.24. The summed E-state index contributed by atoms with van der Waals surface area (Å²) in [6.07, 6.45) is 6.14. The smallest absolute Gasteiger partial charge is 0.259 e. The van der Waals surface area contributed by atoms with Crippen molar-refractivity contribution < 1.29 is 9.53 Å². The Morgan fingerprint density at radius 1 is 1.31 bits per heavy atom. The van der Waals surface area contributed by atoms with Crippen LogP contribution in [-0.2, 0) is 4.79 Å². The van der Waals surface area contributed by atoms with Crippen LogP contribution in [0.25, 0.3) is 28.5 Å². The number of nitrogens with one attached hydrogen (secondary N) is 1. The molecule has 0 spiro atoms. The minimum Gasteiger partial charge on any atom is -0.476 e. The molecule has 29 heavy (non-hydrogen) atoms. The number of carbonyl (C=O) groups excluding carboxylic acids is 1. The monoisotopic (exact) mass is 387 g/mol. The molecule has 0 unspecified atom stereocenters. The van der Waals surface area contributed by atoms with Crippen LogP contribution in [0.5, 0.6) is 5.88 Å². The van der Waals surface area contributed by atoms with Gasteiger partial charge in [-0.3, -0.25) is 4.79 Å². The number of primary amides is 1. The lowest BCUT2D eigenvalue weighted by Crippen LogP contribution is -2.19. The topological polar surface area (TPSA) is 154 Å². The second-order valence-corrected chi connectivity index (χ2v) is 6.90. The molecule has 0 aliphatic heterocycles. The third-order valence-electron chi connectivity index (χ3n) is 4.01. The van der Waals surface area contributed by atoms with E-state index in [9.17, 15) is 4.79 Å². The van der Waals surface area contributed by atoms with Gasteiger partial charge in [0.2, 0.25) is 5.88 Å². The van der Waals surface area contributed by atoms with Crippen LogP contribution in [0.1, 0.15) is 19.4 Å². The Kier molecular flexibility index (Phi) is 5.24. The van der Waals surface area contributed by atoms with Crippen LogP contribution in [0, 0.1) is 28.1 Å². The number of aromatic amines is 1. The average Bonchev–Trinajstić information content (AvgIpc) is 3.12. The first-order valence-electron chi connectivity index (χ1n) is 8.59. The minimum atomic E-state index is -0.815. The Labute approximate surface area is 166 Å². The van der Waals surface area contributed by atoms with Crippen molar-refractivity contribution in [1.29, 1.82) is 10.5 Å². The summed E-state index contributed by atoms with van der Waals surface area (Å²) in [5, 5.41) is 18.1. The van der Waals surface area contributed by atoms with E-state index in [2.05, 4.69) is 26.0 Å². The first-order valence-corrected chi connectivity index (χ1v) is 8.59. The van der Waals surface area contributed by atoms with E-state index in [1.807, 2.05) is 0 Å². The number of carbonyl (C=O) groups is 1. The van der Waals surface area contributed by atoms with E-state index in [1.54, 1.807) is 50.6 Å². The van der Waals surface area contributed by atoms with Crippen molar-refractivity contribution in [3.63, 3.8) is 0 Å². The van der Waals surface area contributed by atoms with Crippen molar-refractivity contribution >= 4 is 23.1 Å². The fourth-order valence-corrected chi connectivity index (χ4v) is 2.38. The van der Waals surface area contributed by atoms with Crippen LogP contribution in [0.3, 0.4) is 0 Å². The molecule has 3 aromatic heterocycles. The van der Waals surface area contributed by atoms with Crippen molar-refractivity contribution in [2.75, 3.05) is 6.61 Å². The van der Waals surface area contributed by atoms with Gasteiger partial charge in [-0.05, 0) is 26.0 Å². The normalized spacial score (nSPS) is 11.7. The second kappa shape index (κ2) is 7.79. The molecule has 3 rings (SSSR count). The fraction of sp³-hybridized carbons (Fsp3) is 0.200. The number of nitriles is 2. The van der Waals surface area contributed by atoms with Crippen LogP contribution in [0.4, 0.5) is 0 Å². The molecule has 0 fully saturated rings. The number of nitrogens with two attached hydrogens (primary N) is 1. The molecule has 3 aromatic rings. The zero-order chi connectivity index (χ0) is 21.0. The van der Waals surface area contributed by atoms with Crippen LogP contribution >= 0.6 is 0 Å². The molecule has 3 heterocycles. The molecule has 0 saturated heterocycles. The maximum absolute atomic E-state index is 11.3. The largest absolute Gasteiger partial charge is 0.476 e. The predicted octanol–water partition coefficient (Wildman–Crippen LogP) is 2.34. The number of fused-ring (bicyclic) bond motifs is 1. The van der Waals surface area contributed by atoms with Gasteiger partial charge >= 0.3 is 0 Å². The lowest BCUT2D eigenvalue weighted by atomic mass is 9.98. The quantitative estimate of drug-likeness (QED) is 0.486. The number of pyridine rings is 1. The van der Waals surface area contributed by atoms with E-state index in [0.717, 1.165) is 0 Å². The van der Waals surface area contributed by atoms with E-state index < -0.39 is 11.3 Å². The molecule has 0 atom stereocenters. The number of hydrogen-bond acceptors (Lipinski definition) is 7. The lowest BCUT2D eigenvalue weighted by Gasteiger charge is -2.15. The standard InChI is InChI=1S/C20H17N7O2/c1-20(2,10-22)11-29-16-4-3-12(7-24-16)15-9-26-19-17(27-15)14(8-25-19)5-13(6-21)18(23)28/h3-5,7-9H,11H2,1-2H3,(H2,23,28)(H,25,26)/b13-5+. The number of H-pyrrole nitrogens is 1. The summed E-state index contributed by atoms with van der Waals surface area (Å²) in [6.45, 7) is 3.79. The van der Waals surface area contributed by atoms with Crippen molar-refractivity contribution in [2.24, 2.45) is 11.1 Å². The molecular weight excluding hydrogens is 370 g/mol. The first kappa shape index (κ1) is 19.5. The summed E-state index contributed by atoms with van der Waals surface area (Å²) in [5.74, 6) is -0.415. The summed E-state index contributed by atoms with van der Waals surface area (Å²) in [5.41, 5.74) is 7.19. The van der Waals surface area contributed by atoms with Crippen LogP contribution < -0.4 is 10.5 Å². The van der Waals surface area contributed by atoms with Crippen molar-refractivity contribution in [2.45, 2.75) is 13.8 Å². The van der Waals surface area contributed by atoms with Gasteiger partial charge in [0.15, 0.2) is 5.65 Å². The summed E-state index contributed by atoms with van der Waals surface area (Å²) < 4.78 is 5.55. The third kappa shape index (κ3) is 4.37. The molecule has 9 nitrogen and oxygen atoms in total. The molecular formula is C20H17N7O2. The van der Waals surface area contributed by atoms with Gasteiger partial charge in [0.05, 0.1) is 23.4 Å². The molecule has 0 aromatic carbocycles. The van der Waals surface area contributed by atoms with E-state index in [4.69, 9.17) is 21.0 Å². The van der Waals surface area contributed by atoms with Gasteiger partial charge < -0.3 is 15.5 Å². The van der Waals surface area contributed by atoms with Crippen molar-refractivity contribution in [3.05, 3.63) is 41.9 Å². The van der Waals surface area contributed by atoms with Gasteiger partial charge in [-0.1, -0.05) is 0 Å². The second-order valence-electron chi connectivity index (χ2n) is 6.90. The highest BCUT2D eigenvalue weighted by Gasteiger charge is 2.18. The number of ether oxygens (including phenoxy) is 1. The predicted molar refractivity (Wildman–Crippen MR) is 105 cm³/mol. The molecule has 0 saturated carbocycles. The number of amides is 1. The Bertz CT molecular complexity index is 1180. The highest BCUT2D eigenvalue weighted by molar-refractivity contribution is 6.02. The van der Waals surface area contributed by atoms with Crippen LogP contribution in [0.15, 0.2) is 36.3 Å². The molecule has 0 aliphatic carbocycles. The third-order valence-corrected chi connectivity index (χ3v) is 4.01. The van der Waals surface area contributed by atoms with Crippen LogP contribution in [-0.4, -0.2) is 32.4 Å². The number of aromatic nitrogens is 4. The SMILES string of the molecule is CC(C)(C#N)COc1ccc(-c2cnc3[nH]cc(/C=C(\C#N)C(N)=O)c3n2)cn1. The fourth-order valence-electron chi connectivity index (χ4n) is 2.38. The van der Waals surface area contributed by atoms with E-state index >= 15 is 0 Å². The first-order chi connectivity index (χ1) is 13.8. The van der Waals surface area contributed by atoms with Gasteiger partial charge in [-0.2, -0.15) is 10.5 Å². The van der Waals surface area contributed by atoms with Gasteiger partial charge in [-0.25, -0.2) is 15.0 Å². The van der Waals surface area contributed by atoms with Gasteiger partial charge in [0.25, 0.3) is 5.91 Å². The molecule has 9 heteroatoms. The molecule has 1 amide bonds. The molecule has 3 N–H and O–H groups in total. The molecule has 144 valence electrons. The Morgan fingerprint density at radius 2 is 2.10 bits per heavy atom. The van der Waals surface area contributed by atoms with Gasteiger partial charge in [-0.15, -0.1) is 0 Å². The van der Waals surface area contributed by atoms with Gasteiger partial charge in [0.1, 0.15) is 23.8 Å². The maximum Gasteiger partial charge on any atom is 0.259 e. The molecule has 0 radical (unpaired) electrons. The van der Waals surface area contributed by atoms with E-state index in [1.165, 1.54) is 6.08 Å². The maximum atomic E-state index is 11.3. The number of rotatable bonds is 6. The molecule has 0 aliphatic rings. The summed E-state index contributed by atoms with van der Waals surface area (Å²) in [4.78, 5) is 27.4. The number of nitrogens with zero attached hydrogens (tertiary/aromatic N) is 5. The molecule has 0 bridgehead atoms. The highest BCUT2D eigenvalue weighted by atomic mass is 16.5. The summed E-state index contributed by atoms with van der Waals surface area (Å²) >= 11 is 0. The average molecular weight is 387 g/mol. The zero-order valence-electron chi connectivity index (χ0n) is 15.8. The Morgan fingerprint density at radius 3 is 2.72 bits per heavy atom. The van der Waals surface area contributed by atoms with E-state index in [0.29, 0.717) is 33.9 Å². The summed E-state index contributed by atoms with van der Waals surface area (Å²) in [6, 6.07) is 7.40. The minimum absolute atomic E-state index is 0.179. The lowest BCUT2D eigenvalue weighted by molar-refractivity contribution is -0.114.